The predicted molar refractivity (Wildman–Crippen MR) is 160 cm³/mol. The number of esters is 1. The van der Waals surface area contributed by atoms with Crippen molar-refractivity contribution in [2.45, 2.75) is 71.2 Å². The van der Waals surface area contributed by atoms with Crippen LogP contribution in [0.2, 0.25) is 0 Å². The highest BCUT2D eigenvalue weighted by Crippen LogP contribution is 2.49. The molecular formula is C33H35FN4O4. The van der Waals surface area contributed by atoms with Gasteiger partial charge in [0.2, 0.25) is 0 Å². The van der Waals surface area contributed by atoms with E-state index >= 15 is 0 Å². The minimum Gasteiger partial charge on any atom is -0.456 e. The molecule has 6 rings (SSSR count). The van der Waals surface area contributed by atoms with Gasteiger partial charge in [-0.05, 0) is 115 Å². The van der Waals surface area contributed by atoms with Crippen molar-refractivity contribution in [3.05, 3.63) is 78.2 Å². The third-order valence-electron chi connectivity index (χ3n) is 7.73. The maximum Gasteiger partial charge on any atom is 0.338 e. The molecule has 42 heavy (non-hydrogen) atoms. The van der Waals surface area contributed by atoms with Crippen molar-refractivity contribution >= 4 is 45.5 Å². The average Bonchev–Trinajstić information content (AvgIpc) is 3.36. The molecule has 1 atom stereocenters. The van der Waals surface area contributed by atoms with E-state index in [4.69, 9.17) is 9.47 Å². The molecule has 8 nitrogen and oxygen atoms in total. The molecule has 1 unspecified atom stereocenters. The second kappa shape index (κ2) is 10.2. The molecule has 3 aromatic carbocycles. The summed E-state index contributed by atoms with van der Waals surface area (Å²) < 4.78 is 27.4. The molecule has 9 heteroatoms. The van der Waals surface area contributed by atoms with Gasteiger partial charge in [0.1, 0.15) is 17.0 Å². The Labute approximate surface area is 244 Å². The van der Waals surface area contributed by atoms with Gasteiger partial charge in [-0.3, -0.25) is 9.69 Å². The summed E-state index contributed by atoms with van der Waals surface area (Å²) >= 11 is 0. The number of halogens is 1. The third-order valence-corrected chi connectivity index (χ3v) is 7.73. The first-order valence-electron chi connectivity index (χ1n) is 14.3. The van der Waals surface area contributed by atoms with Gasteiger partial charge in [-0.25, -0.2) is 13.9 Å². The Morgan fingerprint density at radius 3 is 2.33 bits per heavy atom. The normalized spacial score (nSPS) is 18.7. The van der Waals surface area contributed by atoms with E-state index in [0.717, 1.165) is 35.9 Å². The largest absolute Gasteiger partial charge is 0.456 e. The number of fused-ring (bicyclic) bond motifs is 2. The molecule has 3 heterocycles. The number of hydrogen-bond donors (Lipinski definition) is 0. The lowest BCUT2D eigenvalue weighted by molar-refractivity contribution is -0.122. The summed E-state index contributed by atoms with van der Waals surface area (Å²) in [6.07, 6.45) is 4.57. The number of hydrogen-bond acceptors (Lipinski definition) is 6. The maximum atomic E-state index is 14.4. The second-order valence-electron chi connectivity index (χ2n) is 12.4. The van der Waals surface area contributed by atoms with E-state index in [2.05, 4.69) is 5.10 Å². The van der Waals surface area contributed by atoms with E-state index in [1.807, 2.05) is 62.5 Å². The minimum absolute atomic E-state index is 0.177. The first-order chi connectivity index (χ1) is 19.9. The van der Waals surface area contributed by atoms with Crippen LogP contribution in [0.5, 0.6) is 0 Å². The highest BCUT2D eigenvalue weighted by molar-refractivity contribution is 6.16. The molecule has 0 radical (unpaired) electrons. The second-order valence-corrected chi connectivity index (χ2v) is 12.4. The first kappa shape index (κ1) is 27.9. The monoisotopic (exact) mass is 570 g/mol. The van der Waals surface area contributed by atoms with E-state index in [1.165, 1.54) is 12.1 Å². The number of benzene rings is 3. The summed E-state index contributed by atoms with van der Waals surface area (Å²) in [4.78, 5) is 30.7. The zero-order chi connectivity index (χ0) is 29.8. The van der Waals surface area contributed by atoms with Gasteiger partial charge in [-0.15, -0.1) is 0 Å². The molecule has 0 N–H and O–H groups in total. The minimum atomic E-state index is -1.04. The Hall–Kier alpha value is -4.24. The maximum absolute atomic E-state index is 14.4. The number of carbonyl (C=O) groups is 2. The lowest BCUT2D eigenvalue weighted by atomic mass is 9.92. The molecular weight excluding hydrogens is 535 g/mol. The standard InChI is InChI=1S/C33H35FN4O4/c1-32(2,3)42-30(39)21-9-13-24(14-10-21)36-27-19-26-22(20-35-38(26)29-8-6-7-17-41-29)18-28(27)37(33(4,5)31(36)40)25-15-11-23(34)12-16-25/h9-16,18-20,29H,6-8,17H2,1-5H3. The quantitative estimate of drug-likeness (QED) is 0.238. The number of amides is 1. The molecule has 4 aromatic rings. The van der Waals surface area contributed by atoms with Gasteiger partial charge in [0.25, 0.3) is 5.91 Å². The first-order valence-corrected chi connectivity index (χ1v) is 14.3. The van der Waals surface area contributed by atoms with Crippen LogP contribution in [-0.2, 0) is 14.3 Å². The lowest BCUT2D eigenvalue weighted by Gasteiger charge is -2.48. The fraction of sp³-hybridized carbons (Fsp3) is 0.364. The van der Waals surface area contributed by atoms with Crippen molar-refractivity contribution < 1.29 is 23.5 Å². The summed E-state index contributed by atoms with van der Waals surface area (Å²) in [6.45, 7) is 9.85. The fourth-order valence-electron chi connectivity index (χ4n) is 5.75. The lowest BCUT2D eigenvalue weighted by Crippen LogP contribution is -2.57. The van der Waals surface area contributed by atoms with Crippen LogP contribution in [0.4, 0.5) is 27.1 Å². The van der Waals surface area contributed by atoms with Gasteiger partial charge in [0.15, 0.2) is 6.23 Å². The van der Waals surface area contributed by atoms with Gasteiger partial charge < -0.3 is 14.4 Å². The van der Waals surface area contributed by atoms with Crippen molar-refractivity contribution in [2.75, 3.05) is 16.4 Å². The number of aromatic nitrogens is 2. The summed E-state index contributed by atoms with van der Waals surface area (Å²) in [6, 6.07) is 17.0. The molecule has 0 spiro atoms. The molecule has 0 saturated carbocycles. The van der Waals surface area contributed by atoms with Crippen molar-refractivity contribution in [3.8, 4) is 0 Å². The van der Waals surface area contributed by atoms with Gasteiger partial charge >= 0.3 is 5.97 Å². The summed E-state index contributed by atoms with van der Waals surface area (Å²) in [7, 11) is 0. The molecule has 2 aliphatic rings. The Morgan fingerprint density at radius 1 is 1.00 bits per heavy atom. The molecule has 0 bridgehead atoms. The van der Waals surface area contributed by atoms with Crippen LogP contribution in [0, 0.1) is 5.82 Å². The molecule has 2 aliphatic heterocycles. The Balaban J connectivity index is 1.51. The predicted octanol–water partition coefficient (Wildman–Crippen LogP) is 7.42. The van der Waals surface area contributed by atoms with Crippen molar-refractivity contribution in [3.63, 3.8) is 0 Å². The molecule has 1 aromatic heterocycles. The molecule has 1 saturated heterocycles. The molecule has 218 valence electrons. The summed E-state index contributed by atoms with van der Waals surface area (Å²) in [5.41, 5.74) is 2.32. The van der Waals surface area contributed by atoms with E-state index in [9.17, 15) is 14.0 Å². The van der Waals surface area contributed by atoms with E-state index in [0.29, 0.717) is 29.2 Å². The van der Waals surface area contributed by atoms with Gasteiger partial charge in [0, 0.05) is 23.4 Å². The number of carbonyl (C=O) groups excluding carboxylic acids is 2. The fourth-order valence-corrected chi connectivity index (χ4v) is 5.75. The molecule has 0 aliphatic carbocycles. The van der Waals surface area contributed by atoms with Crippen molar-refractivity contribution in [1.82, 2.24) is 9.78 Å². The van der Waals surface area contributed by atoms with Gasteiger partial charge in [-0.1, -0.05) is 0 Å². The van der Waals surface area contributed by atoms with E-state index < -0.39 is 17.1 Å². The van der Waals surface area contributed by atoms with Crippen LogP contribution in [0.25, 0.3) is 10.9 Å². The van der Waals surface area contributed by atoms with Gasteiger partial charge in [0.05, 0.1) is 28.7 Å². The highest BCUT2D eigenvalue weighted by atomic mass is 19.1. The molecule has 1 amide bonds. The molecule has 1 fully saturated rings. The summed E-state index contributed by atoms with van der Waals surface area (Å²) in [5.74, 6) is -0.958. The van der Waals surface area contributed by atoms with Crippen LogP contribution >= 0.6 is 0 Å². The summed E-state index contributed by atoms with van der Waals surface area (Å²) in [5, 5.41) is 5.58. The number of nitrogens with zero attached hydrogens (tertiary/aromatic N) is 4. The zero-order valence-corrected chi connectivity index (χ0v) is 24.6. The number of anilines is 4. The van der Waals surface area contributed by atoms with Crippen molar-refractivity contribution in [2.24, 2.45) is 0 Å². The van der Waals surface area contributed by atoms with Crippen LogP contribution in [-0.4, -0.2) is 39.4 Å². The highest BCUT2D eigenvalue weighted by Gasteiger charge is 2.46. The Morgan fingerprint density at radius 2 is 1.69 bits per heavy atom. The van der Waals surface area contributed by atoms with E-state index in [1.54, 1.807) is 41.3 Å². The van der Waals surface area contributed by atoms with E-state index in [-0.39, 0.29) is 18.0 Å². The Kier molecular flexibility index (Phi) is 6.80. The number of rotatable bonds is 4. The van der Waals surface area contributed by atoms with Gasteiger partial charge in [-0.2, -0.15) is 5.10 Å². The Bertz CT molecular complexity index is 1650. The topological polar surface area (TPSA) is 76.9 Å². The van der Waals surface area contributed by atoms with Crippen LogP contribution < -0.4 is 9.80 Å². The smallest absolute Gasteiger partial charge is 0.338 e. The van der Waals surface area contributed by atoms with Crippen molar-refractivity contribution in [1.29, 1.82) is 0 Å². The number of ether oxygens (including phenoxy) is 2. The zero-order valence-electron chi connectivity index (χ0n) is 24.6. The average molecular weight is 571 g/mol. The SMILES string of the molecule is CC(C)(C)OC(=O)c1ccc(N2C(=O)C(C)(C)N(c3ccc(F)cc3)c3cc4cnn(C5CCCCO5)c4cc32)cc1. The van der Waals surface area contributed by atoms with Crippen LogP contribution in [0.15, 0.2) is 66.9 Å². The van der Waals surface area contributed by atoms with Crippen LogP contribution in [0.1, 0.15) is 70.5 Å². The van der Waals surface area contributed by atoms with Crippen LogP contribution in [0.3, 0.4) is 0 Å². The third kappa shape index (κ3) is 4.91.